The topological polar surface area (TPSA) is 47.6 Å². The van der Waals surface area contributed by atoms with Crippen molar-refractivity contribution in [2.75, 3.05) is 18.1 Å². The van der Waals surface area contributed by atoms with Crippen molar-refractivity contribution in [1.82, 2.24) is 5.32 Å². The zero-order valence-corrected chi connectivity index (χ0v) is 14.6. The van der Waals surface area contributed by atoms with Crippen LogP contribution in [0.15, 0.2) is 54.6 Å². The van der Waals surface area contributed by atoms with Gasteiger partial charge in [-0.1, -0.05) is 30.3 Å². The lowest BCUT2D eigenvalue weighted by atomic mass is 10.2. The zero-order chi connectivity index (χ0) is 18.8. The first-order valence-electron chi connectivity index (χ1n) is 7.79. The van der Waals surface area contributed by atoms with E-state index in [2.05, 4.69) is 10.1 Å². The third-order valence-electron chi connectivity index (χ3n) is 3.12. The largest absolute Gasteiger partial charge is 0.573 e. The SMILES string of the molecule is O=C(CSCCOc1ccccc1)NCc1ccc(OC(F)(F)F)cc1. The number of halogens is 3. The van der Waals surface area contributed by atoms with Gasteiger partial charge in [0.25, 0.3) is 0 Å². The number of hydrogen-bond donors (Lipinski definition) is 1. The first-order valence-corrected chi connectivity index (χ1v) is 8.95. The standard InChI is InChI=1S/C18H18F3NO3S/c19-18(20,21)25-16-8-6-14(7-9-16)12-22-17(23)13-26-11-10-24-15-4-2-1-3-5-15/h1-9H,10-13H2,(H,22,23). The maximum atomic E-state index is 12.1. The van der Waals surface area contributed by atoms with E-state index in [0.717, 1.165) is 5.75 Å². The highest BCUT2D eigenvalue weighted by Crippen LogP contribution is 2.22. The van der Waals surface area contributed by atoms with Crippen LogP contribution in [-0.4, -0.2) is 30.4 Å². The fraction of sp³-hybridized carbons (Fsp3) is 0.278. The van der Waals surface area contributed by atoms with Crippen LogP contribution in [0, 0.1) is 0 Å². The Morgan fingerprint density at radius 3 is 2.35 bits per heavy atom. The van der Waals surface area contributed by atoms with Crippen molar-refractivity contribution in [3.63, 3.8) is 0 Å². The number of benzene rings is 2. The molecule has 0 saturated carbocycles. The van der Waals surface area contributed by atoms with Crippen molar-refractivity contribution in [1.29, 1.82) is 0 Å². The molecule has 26 heavy (non-hydrogen) atoms. The Balaban J connectivity index is 1.59. The number of carbonyl (C=O) groups is 1. The van der Waals surface area contributed by atoms with E-state index in [0.29, 0.717) is 17.9 Å². The summed E-state index contributed by atoms with van der Waals surface area (Å²) in [6, 6.07) is 14.8. The Bertz CT molecular complexity index is 678. The maximum absolute atomic E-state index is 12.1. The molecule has 0 saturated heterocycles. The molecular weight excluding hydrogens is 367 g/mol. The molecule has 0 bridgehead atoms. The molecule has 1 amide bonds. The monoisotopic (exact) mass is 385 g/mol. The molecular formula is C18H18F3NO3S. The molecule has 2 aromatic rings. The third kappa shape index (κ3) is 8.15. The fourth-order valence-electron chi connectivity index (χ4n) is 1.96. The summed E-state index contributed by atoms with van der Waals surface area (Å²) in [4.78, 5) is 11.8. The van der Waals surface area contributed by atoms with Crippen LogP contribution in [-0.2, 0) is 11.3 Å². The first-order chi connectivity index (χ1) is 12.4. The van der Waals surface area contributed by atoms with Crippen LogP contribution in [0.1, 0.15) is 5.56 Å². The number of amides is 1. The van der Waals surface area contributed by atoms with Crippen LogP contribution >= 0.6 is 11.8 Å². The smallest absolute Gasteiger partial charge is 0.493 e. The van der Waals surface area contributed by atoms with E-state index in [4.69, 9.17) is 4.74 Å². The zero-order valence-electron chi connectivity index (χ0n) is 13.8. The lowest BCUT2D eigenvalue weighted by molar-refractivity contribution is -0.274. The molecule has 0 spiro atoms. The molecule has 0 radical (unpaired) electrons. The number of carbonyl (C=O) groups excluding carboxylic acids is 1. The predicted molar refractivity (Wildman–Crippen MR) is 94.2 cm³/mol. The minimum atomic E-state index is -4.71. The molecule has 0 heterocycles. The van der Waals surface area contributed by atoms with E-state index in [-0.39, 0.29) is 24.0 Å². The Hall–Kier alpha value is -2.35. The van der Waals surface area contributed by atoms with Gasteiger partial charge in [-0.2, -0.15) is 0 Å². The summed E-state index contributed by atoms with van der Waals surface area (Å²) in [5.74, 6) is 1.31. The van der Waals surface area contributed by atoms with Crippen LogP contribution in [0.4, 0.5) is 13.2 Å². The van der Waals surface area contributed by atoms with E-state index >= 15 is 0 Å². The molecule has 4 nitrogen and oxygen atoms in total. The number of para-hydroxylation sites is 1. The summed E-state index contributed by atoms with van der Waals surface area (Å²) in [6.07, 6.45) is -4.71. The quantitative estimate of drug-likeness (QED) is 0.663. The maximum Gasteiger partial charge on any atom is 0.573 e. The predicted octanol–water partition coefficient (Wildman–Crippen LogP) is 4.01. The van der Waals surface area contributed by atoms with Gasteiger partial charge in [0.2, 0.25) is 5.91 Å². The van der Waals surface area contributed by atoms with E-state index in [1.54, 1.807) is 0 Å². The second-order valence-electron chi connectivity index (χ2n) is 5.18. The van der Waals surface area contributed by atoms with Gasteiger partial charge in [-0.05, 0) is 29.8 Å². The Labute approximate surface area is 153 Å². The minimum absolute atomic E-state index is 0.148. The second kappa shape index (κ2) is 9.96. The molecule has 0 aliphatic rings. The number of rotatable bonds is 9. The van der Waals surface area contributed by atoms with Gasteiger partial charge in [-0.15, -0.1) is 24.9 Å². The Morgan fingerprint density at radius 1 is 1.00 bits per heavy atom. The fourth-order valence-corrected chi connectivity index (χ4v) is 2.59. The molecule has 0 aliphatic carbocycles. The molecule has 2 aromatic carbocycles. The summed E-state index contributed by atoms with van der Waals surface area (Å²) < 4.78 is 45.5. The van der Waals surface area contributed by atoms with Crippen molar-refractivity contribution >= 4 is 17.7 Å². The number of nitrogens with one attached hydrogen (secondary N) is 1. The van der Waals surface area contributed by atoms with E-state index in [1.165, 1.54) is 36.0 Å². The summed E-state index contributed by atoms with van der Waals surface area (Å²) in [7, 11) is 0. The average Bonchev–Trinajstić information content (AvgIpc) is 2.60. The van der Waals surface area contributed by atoms with Gasteiger partial charge in [-0.25, -0.2) is 0 Å². The molecule has 1 N–H and O–H groups in total. The summed E-state index contributed by atoms with van der Waals surface area (Å²) in [5, 5.41) is 2.71. The molecule has 0 unspecified atom stereocenters. The van der Waals surface area contributed by atoms with Gasteiger partial charge < -0.3 is 14.8 Å². The molecule has 0 aliphatic heterocycles. The van der Waals surface area contributed by atoms with Crippen molar-refractivity contribution in [2.24, 2.45) is 0 Å². The molecule has 0 aromatic heterocycles. The van der Waals surface area contributed by atoms with E-state index < -0.39 is 6.36 Å². The first kappa shape index (κ1) is 20.0. The van der Waals surface area contributed by atoms with Gasteiger partial charge in [0.15, 0.2) is 0 Å². The third-order valence-corrected chi connectivity index (χ3v) is 4.04. The Kier molecular flexibility index (Phi) is 7.65. The van der Waals surface area contributed by atoms with Crippen molar-refractivity contribution in [3.8, 4) is 11.5 Å². The van der Waals surface area contributed by atoms with Gasteiger partial charge >= 0.3 is 6.36 Å². The highest BCUT2D eigenvalue weighted by atomic mass is 32.2. The lowest BCUT2D eigenvalue weighted by Gasteiger charge is -2.10. The molecule has 0 fully saturated rings. The summed E-state index contributed by atoms with van der Waals surface area (Å²) in [6.45, 7) is 0.745. The number of hydrogen-bond acceptors (Lipinski definition) is 4. The molecule has 8 heteroatoms. The minimum Gasteiger partial charge on any atom is -0.493 e. The highest BCUT2D eigenvalue weighted by Gasteiger charge is 2.30. The highest BCUT2D eigenvalue weighted by molar-refractivity contribution is 7.99. The number of alkyl halides is 3. The van der Waals surface area contributed by atoms with Gasteiger partial charge in [-0.3, -0.25) is 4.79 Å². The second-order valence-corrected chi connectivity index (χ2v) is 6.29. The van der Waals surface area contributed by atoms with Crippen molar-refractivity contribution in [3.05, 3.63) is 60.2 Å². The summed E-state index contributed by atoms with van der Waals surface area (Å²) in [5.41, 5.74) is 0.685. The number of ether oxygens (including phenoxy) is 2. The van der Waals surface area contributed by atoms with Crippen LogP contribution in [0.3, 0.4) is 0 Å². The normalized spacial score (nSPS) is 11.0. The van der Waals surface area contributed by atoms with Gasteiger partial charge in [0.05, 0.1) is 12.4 Å². The van der Waals surface area contributed by atoms with Crippen LogP contribution in [0.5, 0.6) is 11.5 Å². The molecule has 0 atom stereocenters. The molecule has 2 rings (SSSR count). The number of thioether (sulfide) groups is 1. The van der Waals surface area contributed by atoms with Gasteiger partial charge in [0, 0.05) is 12.3 Å². The van der Waals surface area contributed by atoms with Gasteiger partial charge in [0.1, 0.15) is 11.5 Å². The molecule has 140 valence electrons. The van der Waals surface area contributed by atoms with E-state index in [9.17, 15) is 18.0 Å². The van der Waals surface area contributed by atoms with Crippen LogP contribution < -0.4 is 14.8 Å². The van der Waals surface area contributed by atoms with Crippen LogP contribution in [0.25, 0.3) is 0 Å². The van der Waals surface area contributed by atoms with Crippen molar-refractivity contribution < 1.29 is 27.4 Å². The van der Waals surface area contributed by atoms with Crippen LogP contribution in [0.2, 0.25) is 0 Å². The lowest BCUT2D eigenvalue weighted by Crippen LogP contribution is -2.25. The summed E-state index contributed by atoms with van der Waals surface area (Å²) >= 11 is 1.44. The Morgan fingerprint density at radius 2 is 1.69 bits per heavy atom. The van der Waals surface area contributed by atoms with E-state index in [1.807, 2.05) is 30.3 Å². The average molecular weight is 385 g/mol. The van der Waals surface area contributed by atoms with Crippen molar-refractivity contribution in [2.45, 2.75) is 12.9 Å².